The van der Waals surface area contributed by atoms with E-state index in [1.807, 2.05) is 4.90 Å². The van der Waals surface area contributed by atoms with Crippen molar-refractivity contribution in [3.63, 3.8) is 0 Å². The highest BCUT2D eigenvalue weighted by Crippen LogP contribution is 2.13. The molecule has 0 aromatic rings. The second kappa shape index (κ2) is 5.99. The molecule has 0 aromatic heterocycles. The molecule has 94 valence electrons. The van der Waals surface area contributed by atoms with Gasteiger partial charge in [-0.15, -0.1) is 0 Å². The lowest BCUT2D eigenvalue weighted by Crippen LogP contribution is -2.50. The molecule has 2 saturated heterocycles. The van der Waals surface area contributed by atoms with E-state index in [2.05, 4.69) is 16.3 Å². The lowest BCUT2D eigenvalue weighted by atomic mass is 10.1. The highest BCUT2D eigenvalue weighted by molar-refractivity contribution is 5.79. The van der Waals surface area contributed by atoms with Crippen molar-refractivity contribution in [1.29, 1.82) is 5.26 Å². The van der Waals surface area contributed by atoms with E-state index >= 15 is 0 Å². The number of carbonyl (C=O) groups is 1. The molecule has 0 aliphatic carbocycles. The van der Waals surface area contributed by atoms with Crippen molar-refractivity contribution in [2.75, 3.05) is 45.8 Å². The molecule has 1 N–H and O–H groups in total. The number of hydrogen-bond donors (Lipinski definition) is 1. The van der Waals surface area contributed by atoms with Crippen molar-refractivity contribution < 1.29 is 4.79 Å². The summed E-state index contributed by atoms with van der Waals surface area (Å²) in [5.74, 6) is 0.510. The van der Waals surface area contributed by atoms with Crippen molar-refractivity contribution in [1.82, 2.24) is 15.1 Å². The van der Waals surface area contributed by atoms with Gasteiger partial charge in [0.1, 0.15) is 0 Å². The molecule has 0 saturated carbocycles. The van der Waals surface area contributed by atoms with E-state index in [1.165, 1.54) is 0 Å². The maximum Gasteiger partial charge on any atom is 0.227 e. The van der Waals surface area contributed by atoms with Gasteiger partial charge in [0.05, 0.1) is 12.0 Å². The molecule has 0 radical (unpaired) electrons. The smallest absolute Gasteiger partial charge is 0.227 e. The lowest BCUT2D eigenvalue weighted by molar-refractivity contribution is -0.136. The number of carbonyl (C=O) groups excluding carboxylic acids is 1. The van der Waals surface area contributed by atoms with Crippen molar-refractivity contribution in [2.45, 2.75) is 12.8 Å². The molecule has 1 atom stereocenters. The molecular weight excluding hydrogens is 216 g/mol. The fourth-order valence-electron chi connectivity index (χ4n) is 2.52. The van der Waals surface area contributed by atoms with Crippen LogP contribution in [0.1, 0.15) is 12.8 Å². The summed E-state index contributed by atoms with van der Waals surface area (Å²) in [7, 11) is 0. The zero-order valence-electron chi connectivity index (χ0n) is 10.2. The quantitative estimate of drug-likeness (QED) is 0.728. The molecule has 0 spiro atoms. The normalized spacial score (nSPS) is 25.8. The van der Waals surface area contributed by atoms with Crippen LogP contribution in [0.2, 0.25) is 0 Å². The van der Waals surface area contributed by atoms with Gasteiger partial charge in [0, 0.05) is 45.7 Å². The number of nitriles is 1. The largest absolute Gasteiger partial charge is 0.340 e. The van der Waals surface area contributed by atoms with Crippen LogP contribution in [0, 0.1) is 17.2 Å². The van der Waals surface area contributed by atoms with Crippen LogP contribution in [0.3, 0.4) is 0 Å². The Bertz CT molecular complexity index is 298. The Kier molecular flexibility index (Phi) is 4.35. The highest BCUT2D eigenvalue weighted by atomic mass is 16.2. The monoisotopic (exact) mass is 236 g/mol. The molecule has 1 unspecified atom stereocenters. The molecule has 0 bridgehead atoms. The Morgan fingerprint density at radius 3 is 2.71 bits per heavy atom. The summed E-state index contributed by atoms with van der Waals surface area (Å²) >= 11 is 0. The van der Waals surface area contributed by atoms with Gasteiger partial charge in [-0.1, -0.05) is 0 Å². The summed E-state index contributed by atoms with van der Waals surface area (Å²) in [5, 5.41) is 11.8. The fraction of sp³-hybridized carbons (Fsp3) is 0.833. The Morgan fingerprint density at radius 1 is 1.35 bits per heavy atom. The molecule has 2 fully saturated rings. The minimum atomic E-state index is 0.195. The van der Waals surface area contributed by atoms with Crippen LogP contribution < -0.4 is 5.32 Å². The second-order valence-electron chi connectivity index (χ2n) is 4.76. The third-order valence-corrected chi connectivity index (χ3v) is 3.63. The van der Waals surface area contributed by atoms with Gasteiger partial charge in [0.2, 0.25) is 5.91 Å². The van der Waals surface area contributed by atoms with Crippen LogP contribution in [0.5, 0.6) is 0 Å². The maximum atomic E-state index is 12.1. The zero-order chi connectivity index (χ0) is 12.1. The summed E-state index contributed by atoms with van der Waals surface area (Å²) in [6.45, 7) is 6.11. The first kappa shape index (κ1) is 12.3. The van der Waals surface area contributed by atoms with E-state index in [1.54, 1.807) is 0 Å². The van der Waals surface area contributed by atoms with Crippen molar-refractivity contribution in [2.24, 2.45) is 5.92 Å². The van der Waals surface area contributed by atoms with Gasteiger partial charge >= 0.3 is 0 Å². The van der Waals surface area contributed by atoms with E-state index in [4.69, 9.17) is 5.26 Å². The molecule has 5 heteroatoms. The number of nitrogens with zero attached hydrogens (tertiary/aromatic N) is 3. The van der Waals surface area contributed by atoms with Crippen LogP contribution >= 0.6 is 0 Å². The molecule has 2 aliphatic heterocycles. The summed E-state index contributed by atoms with van der Waals surface area (Å²) in [4.78, 5) is 16.4. The number of hydrogen-bond acceptors (Lipinski definition) is 4. The van der Waals surface area contributed by atoms with Crippen molar-refractivity contribution in [3.8, 4) is 6.07 Å². The molecular formula is C12H20N4O. The zero-order valence-corrected chi connectivity index (χ0v) is 10.2. The van der Waals surface area contributed by atoms with Gasteiger partial charge in [0.25, 0.3) is 0 Å². The Hall–Kier alpha value is -1.12. The van der Waals surface area contributed by atoms with E-state index in [0.717, 1.165) is 52.2 Å². The summed E-state index contributed by atoms with van der Waals surface area (Å²) < 4.78 is 0. The molecule has 1 amide bonds. The third kappa shape index (κ3) is 3.18. The summed E-state index contributed by atoms with van der Waals surface area (Å²) in [5.41, 5.74) is 0. The van der Waals surface area contributed by atoms with Crippen LogP contribution in [0.4, 0.5) is 0 Å². The number of rotatable bonds is 3. The standard InChI is InChI=1S/C12H20N4O/c13-3-1-5-15-6-8-16(9-7-15)12(17)11-2-4-14-10-11/h11,14H,1-2,4-10H2. The fourth-order valence-corrected chi connectivity index (χ4v) is 2.52. The van der Waals surface area contributed by atoms with Crippen molar-refractivity contribution in [3.05, 3.63) is 0 Å². The van der Waals surface area contributed by atoms with Gasteiger partial charge in [-0.05, 0) is 13.0 Å². The minimum Gasteiger partial charge on any atom is -0.340 e. The molecule has 2 heterocycles. The van der Waals surface area contributed by atoms with E-state index in [0.29, 0.717) is 12.3 Å². The van der Waals surface area contributed by atoms with E-state index in [9.17, 15) is 4.79 Å². The third-order valence-electron chi connectivity index (χ3n) is 3.63. The van der Waals surface area contributed by atoms with Gasteiger partial charge in [-0.3, -0.25) is 9.69 Å². The van der Waals surface area contributed by atoms with E-state index < -0.39 is 0 Å². The molecule has 17 heavy (non-hydrogen) atoms. The number of amides is 1. The van der Waals surface area contributed by atoms with E-state index in [-0.39, 0.29) is 5.92 Å². The van der Waals surface area contributed by atoms with Crippen LogP contribution in [-0.4, -0.2) is 61.5 Å². The summed E-state index contributed by atoms with van der Waals surface area (Å²) in [6.07, 6.45) is 1.56. The molecule has 2 aliphatic rings. The van der Waals surface area contributed by atoms with Crippen LogP contribution in [0.25, 0.3) is 0 Å². The Morgan fingerprint density at radius 2 is 2.12 bits per heavy atom. The molecule has 2 rings (SSSR count). The highest BCUT2D eigenvalue weighted by Gasteiger charge is 2.29. The van der Waals surface area contributed by atoms with Gasteiger partial charge < -0.3 is 10.2 Å². The average Bonchev–Trinajstić information content (AvgIpc) is 2.90. The first-order valence-corrected chi connectivity index (χ1v) is 6.40. The predicted octanol–water partition coefficient (Wildman–Crippen LogP) is -0.346. The van der Waals surface area contributed by atoms with Crippen molar-refractivity contribution >= 4 is 5.91 Å². The molecule has 5 nitrogen and oxygen atoms in total. The first-order valence-electron chi connectivity index (χ1n) is 6.40. The number of nitrogens with one attached hydrogen (secondary N) is 1. The molecule has 0 aromatic carbocycles. The van der Waals surface area contributed by atoms with Crippen LogP contribution in [0.15, 0.2) is 0 Å². The number of piperazine rings is 1. The SMILES string of the molecule is N#CCCN1CCN(C(=O)C2CCNC2)CC1. The lowest BCUT2D eigenvalue weighted by Gasteiger charge is -2.35. The minimum absolute atomic E-state index is 0.195. The first-order chi connectivity index (χ1) is 8.31. The predicted molar refractivity (Wildman–Crippen MR) is 64.2 cm³/mol. The topological polar surface area (TPSA) is 59.4 Å². The second-order valence-corrected chi connectivity index (χ2v) is 4.76. The maximum absolute atomic E-state index is 12.1. The van der Waals surface area contributed by atoms with Gasteiger partial charge in [0.15, 0.2) is 0 Å². The Balaban J connectivity index is 1.74. The average molecular weight is 236 g/mol. The Labute approximate surface area is 102 Å². The van der Waals surface area contributed by atoms with Gasteiger partial charge in [-0.25, -0.2) is 0 Å². The van der Waals surface area contributed by atoms with Crippen LogP contribution in [-0.2, 0) is 4.79 Å². The summed E-state index contributed by atoms with van der Waals surface area (Å²) in [6, 6.07) is 2.16. The van der Waals surface area contributed by atoms with Gasteiger partial charge in [-0.2, -0.15) is 5.26 Å².